The van der Waals surface area contributed by atoms with Gasteiger partial charge in [-0.1, -0.05) is 13.3 Å². The first-order valence-electron chi connectivity index (χ1n) is 10.5. The van der Waals surface area contributed by atoms with Gasteiger partial charge in [0.25, 0.3) is 0 Å². The van der Waals surface area contributed by atoms with Crippen molar-refractivity contribution in [3.05, 3.63) is 23.8 Å². The van der Waals surface area contributed by atoms with Crippen LogP contribution in [0.25, 0.3) is 0 Å². The van der Waals surface area contributed by atoms with Gasteiger partial charge in [-0.2, -0.15) is 4.99 Å². The van der Waals surface area contributed by atoms with Gasteiger partial charge in [-0.3, -0.25) is 4.90 Å². The highest BCUT2D eigenvalue weighted by atomic mass is 16.4. The number of benzene rings is 1. The van der Waals surface area contributed by atoms with Gasteiger partial charge >= 0.3 is 5.97 Å². The van der Waals surface area contributed by atoms with Crippen molar-refractivity contribution in [2.75, 3.05) is 22.9 Å². The Balaban J connectivity index is 1.73. The smallest absolute Gasteiger partial charge is 0.337 e. The summed E-state index contributed by atoms with van der Waals surface area (Å²) in [4.78, 5) is 25.0. The second-order valence-electron chi connectivity index (χ2n) is 8.49. The largest absolute Gasteiger partial charge is 0.478 e. The molecule has 0 amide bonds. The highest BCUT2D eigenvalue weighted by Gasteiger charge is 2.43. The van der Waals surface area contributed by atoms with E-state index in [2.05, 4.69) is 21.8 Å². The number of anilines is 2. The second-order valence-corrected chi connectivity index (χ2v) is 8.49. The Morgan fingerprint density at radius 1 is 1.17 bits per heavy atom. The monoisotopic (exact) mass is 398 g/mol. The van der Waals surface area contributed by atoms with Crippen LogP contribution in [0.5, 0.6) is 0 Å². The summed E-state index contributed by atoms with van der Waals surface area (Å²) in [6, 6.07) is 5.56. The predicted molar refractivity (Wildman–Crippen MR) is 116 cm³/mol. The van der Waals surface area contributed by atoms with Crippen molar-refractivity contribution >= 4 is 29.3 Å². The zero-order valence-corrected chi connectivity index (χ0v) is 17.0. The van der Waals surface area contributed by atoms with Gasteiger partial charge in [0, 0.05) is 18.8 Å². The average Bonchev–Trinajstić information content (AvgIpc) is 2.68. The number of carboxylic acid groups (broad SMARTS) is 1. The molecule has 0 atom stereocenters. The summed E-state index contributed by atoms with van der Waals surface area (Å²) in [5.74, 6) is 0.208. The van der Waals surface area contributed by atoms with E-state index in [0.717, 1.165) is 63.7 Å². The van der Waals surface area contributed by atoms with E-state index in [0.29, 0.717) is 17.2 Å². The SMILES string of the molecule is CC1CCN(c2ccc(N3C(N)=NC(N)=NC34CCCCC4)cc2C(=O)O)CC1. The molecule has 2 heterocycles. The summed E-state index contributed by atoms with van der Waals surface area (Å²) >= 11 is 0. The fourth-order valence-corrected chi connectivity index (χ4v) is 4.85. The van der Waals surface area contributed by atoms with Crippen molar-refractivity contribution < 1.29 is 9.90 Å². The van der Waals surface area contributed by atoms with Crippen LogP contribution in [-0.2, 0) is 0 Å². The van der Waals surface area contributed by atoms with Crippen LogP contribution < -0.4 is 21.3 Å². The molecule has 29 heavy (non-hydrogen) atoms. The molecular formula is C21H30N6O2. The second kappa shape index (κ2) is 7.57. The lowest BCUT2D eigenvalue weighted by Crippen LogP contribution is -2.58. The number of aromatic carboxylic acids is 1. The van der Waals surface area contributed by atoms with Gasteiger partial charge in [-0.05, 0) is 62.6 Å². The van der Waals surface area contributed by atoms with Crippen LogP contribution in [0.4, 0.5) is 11.4 Å². The highest BCUT2D eigenvalue weighted by molar-refractivity contribution is 6.06. The molecule has 8 nitrogen and oxygen atoms in total. The first kappa shape index (κ1) is 19.5. The first-order valence-corrected chi connectivity index (χ1v) is 10.5. The Labute approximate surface area is 171 Å². The van der Waals surface area contributed by atoms with Crippen molar-refractivity contribution in [1.82, 2.24) is 0 Å². The van der Waals surface area contributed by atoms with Gasteiger partial charge in [0.2, 0.25) is 11.9 Å². The zero-order valence-electron chi connectivity index (χ0n) is 17.0. The number of carboxylic acids is 1. The lowest BCUT2D eigenvalue weighted by molar-refractivity contribution is 0.0697. The van der Waals surface area contributed by atoms with Crippen LogP contribution in [-0.4, -0.2) is 41.7 Å². The fourth-order valence-electron chi connectivity index (χ4n) is 4.85. The van der Waals surface area contributed by atoms with Crippen LogP contribution in [0.15, 0.2) is 28.2 Å². The molecular weight excluding hydrogens is 368 g/mol. The zero-order chi connectivity index (χ0) is 20.6. The molecule has 0 bridgehead atoms. The van der Waals surface area contributed by atoms with Gasteiger partial charge in [-0.15, -0.1) is 0 Å². The molecule has 1 saturated carbocycles. The van der Waals surface area contributed by atoms with Crippen molar-refractivity contribution in [3.63, 3.8) is 0 Å². The molecule has 1 aromatic rings. The lowest BCUT2D eigenvalue weighted by atomic mass is 9.87. The Morgan fingerprint density at radius 2 is 1.86 bits per heavy atom. The maximum atomic E-state index is 12.1. The van der Waals surface area contributed by atoms with Crippen molar-refractivity contribution in [2.24, 2.45) is 27.4 Å². The van der Waals surface area contributed by atoms with Crippen LogP contribution in [0.3, 0.4) is 0 Å². The number of piperidine rings is 1. The highest BCUT2D eigenvalue weighted by Crippen LogP contribution is 2.40. The standard InChI is InChI=1S/C21H30N6O2/c1-14-7-11-26(12-8-14)17-6-5-15(13-16(17)18(28)29)27-20(23)24-19(22)25-21(27)9-3-2-4-10-21/h5-6,13-14H,2-4,7-12H2,1H3,(H,28,29)(H4,22,23,24,25). The Kier molecular flexibility index (Phi) is 5.10. The molecule has 0 aromatic heterocycles. The number of carbonyl (C=O) groups is 1. The molecule has 0 radical (unpaired) electrons. The van der Waals surface area contributed by atoms with Crippen LogP contribution >= 0.6 is 0 Å². The minimum atomic E-state index is -0.936. The molecule has 5 N–H and O–H groups in total. The van der Waals surface area contributed by atoms with Gasteiger partial charge in [-0.25, -0.2) is 9.79 Å². The molecule has 2 aliphatic heterocycles. The molecule has 3 aliphatic rings. The topological polar surface area (TPSA) is 121 Å². The molecule has 0 unspecified atom stereocenters. The van der Waals surface area contributed by atoms with Gasteiger partial charge in [0.05, 0.1) is 11.3 Å². The van der Waals surface area contributed by atoms with E-state index in [4.69, 9.17) is 11.5 Å². The van der Waals surface area contributed by atoms with Crippen molar-refractivity contribution in [2.45, 2.75) is 57.5 Å². The minimum absolute atomic E-state index is 0.193. The number of hydrogen-bond donors (Lipinski definition) is 3. The quantitative estimate of drug-likeness (QED) is 0.720. The summed E-state index contributed by atoms with van der Waals surface area (Å²) in [5.41, 5.74) is 13.4. The number of rotatable bonds is 3. The van der Waals surface area contributed by atoms with Crippen LogP contribution in [0, 0.1) is 5.92 Å². The maximum Gasteiger partial charge on any atom is 0.337 e. The molecule has 2 fully saturated rings. The molecule has 4 rings (SSSR count). The summed E-state index contributed by atoms with van der Waals surface area (Å²) in [5, 5.41) is 9.93. The number of nitrogens with two attached hydrogens (primary N) is 2. The summed E-state index contributed by atoms with van der Waals surface area (Å²) in [6.45, 7) is 3.99. The van der Waals surface area contributed by atoms with Crippen LogP contribution in [0.2, 0.25) is 0 Å². The number of aliphatic imine (C=N–C) groups is 2. The molecule has 1 spiro atoms. The minimum Gasteiger partial charge on any atom is -0.478 e. The first-order chi connectivity index (χ1) is 13.9. The van der Waals surface area contributed by atoms with Gasteiger partial charge in [0.15, 0.2) is 0 Å². The number of guanidine groups is 2. The van der Waals surface area contributed by atoms with E-state index in [9.17, 15) is 9.90 Å². The van der Waals surface area contributed by atoms with Crippen LogP contribution in [0.1, 0.15) is 62.2 Å². The molecule has 8 heteroatoms. The van der Waals surface area contributed by atoms with Crippen molar-refractivity contribution in [1.29, 1.82) is 0 Å². The summed E-state index contributed by atoms with van der Waals surface area (Å²) < 4.78 is 0. The molecule has 1 aliphatic carbocycles. The Hall–Kier alpha value is -2.77. The van der Waals surface area contributed by atoms with Gasteiger partial charge < -0.3 is 21.5 Å². The van der Waals surface area contributed by atoms with E-state index in [1.165, 1.54) is 0 Å². The van der Waals surface area contributed by atoms with E-state index in [1.54, 1.807) is 6.07 Å². The summed E-state index contributed by atoms with van der Waals surface area (Å²) in [6.07, 6.45) is 6.98. The third kappa shape index (κ3) is 3.63. The van der Waals surface area contributed by atoms with Crippen molar-refractivity contribution in [3.8, 4) is 0 Å². The maximum absolute atomic E-state index is 12.1. The third-order valence-corrected chi connectivity index (χ3v) is 6.44. The average molecular weight is 399 g/mol. The fraction of sp³-hybridized carbons (Fsp3) is 0.571. The molecule has 1 saturated heterocycles. The summed E-state index contributed by atoms with van der Waals surface area (Å²) in [7, 11) is 0. The molecule has 156 valence electrons. The van der Waals surface area contributed by atoms with E-state index < -0.39 is 11.6 Å². The predicted octanol–water partition coefficient (Wildman–Crippen LogP) is 2.73. The third-order valence-electron chi connectivity index (χ3n) is 6.44. The normalized spacial score (nSPS) is 22.4. The molecule has 1 aromatic carbocycles. The van der Waals surface area contributed by atoms with Gasteiger partial charge in [0.1, 0.15) is 5.66 Å². The number of hydrogen-bond acceptors (Lipinski definition) is 7. The Morgan fingerprint density at radius 3 is 2.52 bits per heavy atom. The Bertz CT molecular complexity index is 851. The van der Waals surface area contributed by atoms with E-state index in [1.807, 2.05) is 17.0 Å². The van der Waals surface area contributed by atoms with E-state index >= 15 is 0 Å². The van der Waals surface area contributed by atoms with E-state index in [-0.39, 0.29) is 11.9 Å². The lowest BCUT2D eigenvalue weighted by Gasteiger charge is -2.45. The number of nitrogens with zero attached hydrogens (tertiary/aromatic N) is 4.